The Bertz CT molecular complexity index is 752. The highest BCUT2D eigenvalue weighted by Crippen LogP contribution is 2.21. The number of benzene rings is 1. The first-order valence-corrected chi connectivity index (χ1v) is 7.30. The first-order chi connectivity index (χ1) is 10.9. The smallest absolute Gasteiger partial charge is 0.230 e. The Morgan fingerprint density at radius 2 is 2.05 bits per heavy atom. The van der Waals surface area contributed by atoms with Crippen LogP contribution in [0.25, 0.3) is 10.9 Å². The Balaban J connectivity index is 1.43. The number of anilines is 1. The van der Waals surface area contributed by atoms with Crippen molar-refractivity contribution in [1.29, 1.82) is 0 Å². The summed E-state index contributed by atoms with van der Waals surface area (Å²) in [6.07, 6.45) is 4.82. The zero-order valence-electron chi connectivity index (χ0n) is 12.1. The van der Waals surface area contributed by atoms with Gasteiger partial charge in [0, 0.05) is 43.4 Å². The Hall–Kier alpha value is -2.54. The highest BCUT2D eigenvalue weighted by Gasteiger charge is 2.19. The third-order valence-corrected chi connectivity index (χ3v) is 3.99. The van der Waals surface area contributed by atoms with Gasteiger partial charge in [-0.15, -0.1) is 10.2 Å². The summed E-state index contributed by atoms with van der Waals surface area (Å²) in [5.41, 5.74) is 2.20. The Kier molecular flexibility index (Phi) is 3.40. The van der Waals surface area contributed by atoms with Gasteiger partial charge < -0.3 is 9.32 Å². The Labute approximate surface area is 127 Å². The number of piperazine rings is 1. The predicted octanol–water partition coefficient (Wildman–Crippen LogP) is 1.33. The molecule has 7 heteroatoms. The molecule has 3 aromatic rings. The van der Waals surface area contributed by atoms with Gasteiger partial charge in [-0.1, -0.05) is 0 Å². The van der Waals surface area contributed by atoms with Gasteiger partial charge in [-0.05, 0) is 18.2 Å². The zero-order chi connectivity index (χ0) is 14.8. The van der Waals surface area contributed by atoms with Crippen molar-refractivity contribution in [3.05, 3.63) is 43.0 Å². The summed E-state index contributed by atoms with van der Waals surface area (Å²) in [6, 6.07) is 6.34. The molecular formula is C15H16N6O. The minimum atomic E-state index is 0.677. The van der Waals surface area contributed by atoms with Crippen LogP contribution in [0.15, 0.2) is 41.5 Å². The molecule has 0 amide bonds. The molecule has 112 valence electrons. The average Bonchev–Trinajstić information content (AvgIpc) is 3.08. The maximum absolute atomic E-state index is 5.20. The molecule has 3 heterocycles. The second-order valence-electron chi connectivity index (χ2n) is 5.36. The van der Waals surface area contributed by atoms with E-state index in [0.717, 1.165) is 43.6 Å². The van der Waals surface area contributed by atoms with E-state index >= 15 is 0 Å². The molecular weight excluding hydrogens is 280 g/mol. The fraction of sp³-hybridized carbons (Fsp3) is 0.333. The molecule has 1 fully saturated rings. The van der Waals surface area contributed by atoms with E-state index in [9.17, 15) is 0 Å². The Morgan fingerprint density at radius 3 is 2.86 bits per heavy atom. The molecule has 1 aliphatic heterocycles. The van der Waals surface area contributed by atoms with Crippen LogP contribution in [0, 0.1) is 0 Å². The fourth-order valence-electron chi connectivity index (χ4n) is 2.79. The quantitative estimate of drug-likeness (QED) is 0.722. The van der Waals surface area contributed by atoms with Crippen molar-refractivity contribution in [2.45, 2.75) is 6.54 Å². The van der Waals surface area contributed by atoms with E-state index < -0.39 is 0 Å². The number of aromatic nitrogens is 4. The summed E-state index contributed by atoms with van der Waals surface area (Å²) in [5, 5.41) is 8.73. The molecule has 4 rings (SSSR count). The SMILES string of the molecule is c1ncc2cc(N3CCN(Cc4nnco4)CC3)ccc2n1. The molecule has 0 N–H and O–H groups in total. The van der Waals surface area contributed by atoms with E-state index in [0.29, 0.717) is 5.89 Å². The third-order valence-electron chi connectivity index (χ3n) is 3.99. The molecule has 0 unspecified atom stereocenters. The lowest BCUT2D eigenvalue weighted by Crippen LogP contribution is -2.46. The van der Waals surface area contributed by atoms with Crippen molar-refractivity contribution in [3.8, 4) is 0 Å². The van der Waals surface area contributed by atoms with Gasteiger partial charge >= 0.3 is 0 Å². The van der Waals surface area contributed by atoms with Gasteiger partial charge in [-0.3, -0.25) is 4.90 Å². The molecule has 0 aliphatic carbocycles. The van der Waals surface area contributed by atoms with Crippen LogP contribution in [0.2, 0.25) is 0 Å². The maximum Gasteiger partial charge on any atom is 0.230 e. The van der Waals surface area contributed by atoms with Crippen LogP contribution in [0.5, 0.6) is 0 Å². The average molecular weight is 296 g/mol. The molecule has 1 aromatic carbocycles. The third kappa shape index (κ3) is 2.62. The summed E-state index contributed by atoms with van der Waals surface area (Å²) in [7, 11) is 0. The second-order valence-corrected chi connectivity index (χ2v) is 5.36. The van der Waals surface area contributed by atoms with Gasteiger partial charge in [0.15, 0.2) is 0 Å². The number of rotatable bonds is 3. The molecule has 2 aromatic heterocycles. The fourth-order valence-corrected chi connectivity index (χ4v) is 2.79. The minimum Gasteiger partial charge on any atom is -0.427 e. The molecule has 1 saturated heterocycles. The van der Waals surface area contributed by atoms with E-state index in [2.05, 4.69) is 48.2 Å². The minimum absolute atomic E-state index is 0.677. The van der Waals surface area contributed by atoms with Crippen LogP contribution in [0.4, 0.5) is 5.69 Å². The first-order valence-electron chi connectivity index (χ1n) is 7.30. The van der Waals surface area contributed by atoms with Crippen LogP contribution in [-0.4, -0.2) is 51.2 Å². The molecule has 0 atom stereocenters. The second kappa shape index (κ2) is 5.69. The molecule has 0 saturated carbocycles. The van der Waals surface area contributed by atoms with Crippen molar-refractivity contribution in [3.63, 3.8) is 0 Å². The number of hydrogen-bond acceptors (Lipinski definition) is 7. The molecule has 0 spiro atoms. The van der Waals surface area contributed by atoms with Gasteiger partial charge in [-0.2, -0.15) is 0 Å². The molecule has 7 nitrogen and oxygen atoms in total. The van der Waals surface area contributed by atoms with Gasteiger partial charge in [0.1, 0.15) is 6.33 Å². The monoisotopic (exact) mass is 296 g/mol. The van der Waals surface area contributed by atoms with Crippen LogP contribution in [-0.2, 0) is 6.54 Å². The summed E-state index contributed by atoms with van der Waals surface area (Å²) in [4.78, 5) is 13.1. The lowest BCUT2D eigenvalue weighted by Gasteiger charge is -2.35. The highest BCUT2D eigenvalue weighted by molar-refractivity contribution is 5.81. The summed E-state index contributed by atoms with van der Waals surface area (Å²) >= 11 is 0. The maximum atomic E-state index is 5.20. The van der Waals surface area contributed by atoms with Crippen molar-refractivity contribution in [2.75, 3.05) is 31.1 Å². The van der Waals surface area contributed by atoms with Crippen molar-refractivity contribution in [1.82, 2.24) is 25.1 Å². The van der Waals surface area contributed by atoms with E-state index in [1.54, 1.807) is 6.33 Å². The van der Waals surface area contributed by atoms with E-state index in [1.807, 2.05) is 6.20 Å². The standard InChI is InChI=1S/C15H16N6O/c1-2-14-12(8-16-10-17-14)7-13(1)21-5-3-20(4-6-21)9-15-19-18-11-22-15/h1-2,7-8,10-11H,3-6,9H2. The van der Waals surface area contributed by atoms with E-state index in [4.69, 9.17) is 4.42 Å². The molecule has 0 radical (unpaired) electrons. The first kappa shape index (κ1) is 13.1. The summed E-state index contributed by atoms with van der Waals surface area (Å²) in [5.74, 6) is 0.677. The largest absolute Gasteiger partial charge is 0.427 e. The summed E-state index contributed by atoms with van der Waals surface area (Å²) < 4.78 is 5.20. The zero-order valence-corrected chi connectivity index (χ0v) is 12.1. The normalized spacial score (nSPS) is 16.3. The van der Waals surface area contributed by atoms with Crippen LogP contribution in [0.1, 0.15) is 5.89 Å². The predicted molar refractivity (Wildman–Crippen MR) is 81.3 cm³/mol. The van der Waals surface area contributed by atoms with E-state index in [-0.39, 0.29) is 0 Å². The number of nitrogens with zero attached hydrogens (tertiary/aromatic N) is 6. The molecule has 1 aliphatic rings. The lowest BCUT2D eigenvalue weighted by atomic mass is 10.2. The number of hydrogen-bond donors (Lipinski definition) is 0. The number of fused-ring (bicyclic) bond motifs is 1. The molecule has 0 bridgehead atoms. The lowest BCUT2D eigenvalue weighted by molar-refractivity contribution is 0.226. The van der Waals surface area contributed by atoms with Crippen LogP contribution in [0.3, 0.4) is 0 Å². The van der Waals surface area contributed by atoms with Crippen LogP contribution < -0.4 is 4.90 Å². The molecule has 22 heavy (non-hydrogen) atoms. The topological polar surface area (TPSA) is 71.2 Å². The Morgan fingerprint density at radius 1 is 1.14 bits per heavy atom. The van der Waals surface area contributed by atoms with Gasteiger partial charge in [0.2, 0.25) is 12.3 Å². The van der Waals surface area contributed by atoms with Crippen molar-refractivity contribution in [2.24, 2.45) is 0 Å². The van der Waals surface area contributed by atoms with Crippen LogP contribution >= 0.6 is 0 Å². The van der Waals surface area contributed by atoms with E-state index in [1.165, 1.54) is 12.1 Å². The highest BCUT2D eigenvalue weighted by atomic mass is 16.4. The van der Waals surface area contributed by atoms with Crippen molar-refractivity contribution < 1.29 is 4.42 Å². The van der Waals surface area contributed by atoms with Crippen molar-refractivity contribution >= 4 is 16.6 Å². The van der Waals surface area contributed by atoms with Gasteiger partial charge in [0.05, 0.1) is 12.1 Å². The summed E-state index contributed by atoms with van der Waals surface area (Å²) in [6.45, 7) is 4.64. The van der Waals surface area contributed by atoms with Gasteiger partial charge in [0.25, 0.3) is 0 Å². The van der Waals surface area contributed by atoms with Gasteiger partial charge in [-0.25, -0.2) is 9.97 Å².